The summed E-state index contributed by atoms with van der Waals surface area (Å²) in [4.78, 5) is 17.7. The molecule has 1 aromatic carbocycles. The number of alkyl halides is 3. The molecule has 0 radical (unpaired) electrons. The zero-order chi connectivity index (χ0) is 18.0. The van der Waals surface area contributed by atoms with Gasteiger partial charge in [0.25, 0.3) is 5.19 Å². The number of ether oxygens (including phenoxy) is 1. The van der Waals surface area contributed by atoms with Crippen molar-refractivity contribution in [2.45, 2.75) is 25.1 Å². The van der Waals surface area contributed by atoms with E-state index in [0.29, 0.717) is 23.8 Å². The molecule has 9 heteroatoms. The number of carbonyl (C=O) groups excluding carboxylic acids is 1. The fourth-order valence-corrected chi connectivity index (χ4v) is 3.26. The number of carbonyl (C=O) groups is 1. The highest BCUT2D eigenvalue weighted by atomic mass is 35.5. The third kappa shape index (κ3) is 4.43. The van der Waals surface area contributed by atoms with E-state index < -0.39 is 11.7 Å². The number of aryl methyl sites for hydroxylation is 1. The normalized spacial score (nSPS) is 15.1. The van der Waals surface area contributed by atoms with Crippen LogP contribution in [0.25, 0.3) is 0 Å². The van der Waals surface area contributed by atoms with Gasteiger partial charge in [0, 0.05) is 18.0 Å². The van der Waals surface area contributed by atoms with Crippen molar-refractivity contribution in [3.8, 4) is 5.19 Å². The molecule has 1 saturated heterocycles. The molecule has 0 spiro atoms. The monoisotopic (exact) mass is 390 g/mol. The van der Waals surface area contributed by atoms with Crippen LogP contribution in [0.2, 0.25) is 5.02 Å². The number of thiazole rings is 1. The third-order valence-electron chi connectivity index (χ3n) is 3.84. The Morgan fingerprint density at radius 3 is 2.80 bits per heavy atom. The predicted molar refractivity (Wildman–Crippen MR) is 87.9 cm³/mol. The molecule has 1 fully saturated rings. The van der Waals surface area contributed by atoms with E-state index >= 15 is 0 Å². The first-order valence-corrected chi connectivity index (χ1v) is 8.78. The smallest absolute Gasteiger partial charge is 0.417 e. The highest BCUT2D eigenvalue weighted by Gasteiger charge is 2.34. The molecule has 2 aromatic rings. The molecule has 0 aliphatic carbocycles. The lowest BCUT2D eigenvalue weighted by Gasteiger charge is -2.38. The molecular weight excluding hydrogens is 377 g/mol. The highest BCUT2D eigenvalue weighted by Crippen LogP contribution is 2.35. The van der Waals surface area contributed by atoms with E-state index in [2.05, 4.69) is 4.98 Å². The lowest BCUT2D eigenvalue weighted by molar-refractivity contribution is -0.140. The quantitative estimate of drug-likeness (QED) is 0.773. The van der Waals surface area contributed by atoms with Crippen LogP contribution in [-0.2, 0) is 17.4 Å². The van der Waals surface area contributed by atoms with Crippen LogP contribution in [-0.4, -0.2) is 35.0 Å². The summed E-state index contributed by atoms with van der Waals surface area (Å²) in [5, 5.41) is 2.03. The van der Waals surface area contributed by atoms with Crippen LogP contribution >= 0.6 is 22.9 Å². The van der Waals surface area contributed by atoms with E-state index in [-0.39, 0.29) is 29.9 Å². The van der Waals surface area contributed by atoms with Crippen LogP contribution in [0.4, 0.5) is 13.2 Å². The van der Waals surface area contributed by atoms with Gasteiger partial charge in [-0.25, -0.2) is 4.98 Å². The number of halogens is 4. The van der Waals surface area contributed by atoms with Gasteiger partial charge in [-0.3, -0.25) is 4.79 Å². The molecule has 134 valence electrons. The Balaban J connectivity index is 1.49. The number of hydrogen-bond donors (Lipinski definition) is 0. The molecule has 1 amide bonds. The van der Waals surface area contributed by atoms with Gasteiger partial charge in [-0.15, -0.1) is 0 Å². The Kier molecular flexibility index (Phi) is 5.19. The van der Waals surface area contributed by atoms with Gasteiger partial charge in [0.05, 0.1) is 23.7 Å². The van der Waals surface area contributed by atoms with E-state index in [0.717, 1.165) is 6.07 Å². The Hall–Kier alpha value is -1.80. The number of amides is 1. The van der Waals surface area contributed by atoms with Gasteiger partial charge in [-0.2, -0.15) is 13.2 Å². The maximum Gasteiger partial charge on any atom is 0.417 e. The Labute approximate surface area is 151 Å². The van der Waals surface area contributed by atoms with Crippen molar-refractivity contribution >= 4 is 28.8 Å². The first kappa shape index (κ1) is 18.0. The number of likely N-dealkylation sites (tertiary alicyclic amines) is 1. The van der Waals surface area contributed by atoms with Gasteiger partial charge in [-0.1, -0.05) is 29.0 Å². The van der Waals surface area contributed by atoms with E-state index in [1.165, 1.54) is 23.5 Å². The van der Waals surface area contributed by atoms with E-state index in [4.69, 9.17) is 16.3 Å². The van der Waals surface area contributed by atoms with Crippen molar-refractivity contribution in [2.75, 3.05) is 13.1 Å². The maximum absolute atomic E-state index is 12.8. The molecule has 0 N–H and O–H groups in total. The van der Waals surface area contributed by atoms with Crippen molar-refractivity contribution in [2.24, 2.45) is 0 Å². The maximum atomic E-state index is 12.8. The Morgan fingerprint density at radius 2 is 2.16 bits per heavy atom. The van der Waals surface area contributed by atoms with Crippen molar-refractivity contribution in [3.05, 3.63) is 45.9 Å². The molecule has 4 nitrogen and oxygen atoms in total. The second kappa shape index (κ2) is 7.21. The van der Waals surface area contributed by atoms with Crippen molar-refractivity contribution in [1.82, 2.24) is 9.88 Å². The Morgan fingerprint density at radius 1 is 1.40 bits per heavy atom. The number of hydrogen-bond acceptors (Lipinski definition) is 4. The van der Waals surface area contributed by atoms with E-state index in [9.17, 15) is 18.0 Å². The molecule has 0 bridgehead atoms. The summed E-state index contributed by atoms with van der Waals surface area (Å²) < 4.78 is 44.1. The fourth-order valence-electron chi connectivity index (χ4n) is 2.48. The third-order valence-corrected chi connectivity index (χ3v) is 4.83. The van der Waals surface area contributed by atoms with Gasteiger partial charge in [-0.05, 0) is 24.1 Å². The van der Waals surface area contributed by atoms with Crippen molar-refractivity contribution in [1.29, 1.82) is 0 Å². The summed E-state index contributed by atoms with van der Waals surface area (Å²) in [5.41, 5.74) is -0.443. The van der Waals surface area contributed by atoms with Gasteiger partial charge >= 0.3 is 6.18 Å². The molecule has 1 aliphatic rings. The summed E-state index contributed by atoms with van der Waals surface area (Å²) in [5.74, 6) is -0.109. The van der Waals surface area contributed by atoms with Crippen LogP contribution in [0.5, 0.6) is 5.19 Å². The first-order chi connectivity index (χ1) is 11.8. The minimum atomic E-state index is -4.50. The van der Waals surface area contributed by atoms with Crippen molar-refractivity contribution < 1.29 is 22.7 Å². The average molecular weight is 391 g/mol. The summed E-state index contributed by atoms with van der Waals surface area (Å²) in [6.45, 7) is 0.930. The predicted octanol–water partition coefficient (Wildman–Crippen LogP) is 4.04. The second-order valence-corrected chi connectivity index (χ2v) is 6.91. The zero-order valence-corrected chi connectivity index (χ0v) is 14.5. The fraction of sp³-hybridized carbons (Fsp3) is 0.375. The molecular formula is C16H14ClF3N2O2S. The molecule has 0 unspecified atom stereocenters. The molecule has 25 heavy (non-hydrogen) atoms. The molecule has 0 saturated carbocycles. The highest BCUT2D eigenvalue weighted by molar-refractivity contribution is 7.11. The largest absolute Gasteiger partial charge is 0.463 e. The number of rotatable bonds is 5. The summed E-state index contributed by atoms with van der Waals surface area (Å²) in [7, 11) is 0. The summed E-state index contributed by atoms with van der Waals surface area (Å²) in [6, 6.07) is 3.72. The van der Waals surface area contributed by atoms with Gasteiger partial charge in [0.1, 0.15) is 6.10 Å². The summed E-state index contributed by atoms with van der Waals surface area (Å²) >= 11 is 6.97. The average Bonchev–Trinajstić information content (AvgIpc) is 3.01. The van der Waals surface area contributed by atoms with Crippen LogP contribution < -0.4 is 4.74 Å². The molecule has 0 atom stereocenters. The molecule has 2 heterocycles. The second-order valence-electron chi connectivity index (χ2n) is 5.65. The van der Waals surface area contributed by atoms with Gasteiger partial charge < -0.3 is 9.64 Å². The van der Waals surface area contributed by atoms with Crippen LogP contribution in [0.15, 0.2) is 29.8 Å². The van der Waals surface area contributed by atoms with E-state index in [1.807, 2.05) is 0 Å². The SMILES string of the molecule is O=C(CCc1ccc(Cl)c(C(F)(F)F)c1)N1CC(Oc2nccs2)C1. The number of benzene rings is 1. The lowest BCUT2D eigenvalue weighted by atomic mass is 10.0. The summed E-state index contributed by atoms with van der Waals surface area (Å²) in [6.07, 6.45) is -2.57. The molecule has 1 aromatic heterocycles. The number of aromatic nitrogens is 1. The van der Waals surface area contributed by atoms with Gasteiger partial charge in [0.2, 0.25) is 5.91 Å². The minimum absolute atomic E-state index is 0.0811. The van der Waals surface area contributed by atoms with Gasteiger partial charge in [0.15, 0.2) is 0 Å². The zero-order valence-electron chi connectivity index (χ0n) is 12.9. The van der Waals surface area contributed by atoms with Crippen LogP contribution in [0.3, 0.4) is 0 Å². The standard InChI is InChI=1S/C16H14ClF3N2O2S/c17-13-3-1-10(7-12(13)16(18,19)20)2-4-14(23)22-8-11(9-22)24-15-21-5-6-25-15/h1,3,5-7,11H,2,4,8-9H2. The lowest BCUT2D eigenvalue weighted by Crippen LogP contribution is -2.56. The van der Waals surface area contributed by atoms with Crippen LogP contribution in [0, 0.1) is 0 Å². The van der Waals surface area contributed by atoms with E-state index in [1.54, 1.807) is 16.5 Å². The topological polar surface area (TPSA) is 42.4 Å². The Bertz CT molecular complexity index is 746. The number of nitrogens with zero attached hydrogens (tertiary/aromatic N) is 2. The van der Waals surface area contributed by atoms with Crippen molar-refractivity contribution in [3.63, 3.8) is 0 Å². The molecule has 3 rings (SSSR count). The van der Waals surface area contributed by atoms with Crippen LogP contribution in [0.1, 0.15) is 17.5 Å². The first-order valence-electron chi connectivity index (χ1n) is 7.52. The molecule has 1 aliphatic heterocycles. The minimum Gasteiger partial charge on any atom is -0.463 e.